The molecule has 1 aromatic rings. The van der Waals surface area contributed by atoms with Crippen molar-refractivity contribution < 1.29 is 14.7 Å². The third-order valence-corrected chi connectivity index (χ3v) is 4.12. The zero-order valence-corrected chi connectivity index (χ0v) is 13.9. The fraction of sp³-hybridized carbons (Fsp3) is 0.429. The maximum Gasteiger partial charge on any atom is 0.322 e. The number of carbonyl (C=O) groups excluding carboxylic acids is 1. The molecule has 1 fully saturated rings. The van der Waals surface area contributed by atoms with Gasteiger partial charge in [-0.2, -0.15) is 0 Å². The van der Waals surface area contributed by atoms with Crippen LogP contribution in [0.5, 0.6) is 0 Å². The largest absolute Gasteiger partial charge is 0.480 e. The van der Waals surface area contributed by atoms with Gasteiger partial charge < -0.3 is 15.7 Å². The third kappa shape index (κ3) is 4.39. The molecule has 3 N–H and O–H groups in total. The summed E-state index contributed by atoms with van der Waals surface area (Å²) in [5.74, 6) is -1.09. The van der Waals surface area contributed by atoms with Crippen LogP contribution in [-0.2, 0) is 9.59 Å². The van der Waals surface area contributed by atoms with Crippen LogP contribution in [0.2, 0.25) is 0 Å². The molecule has 114 valence electrons. The lowest BCUT2D eigenvalue weighted by Crippen LogP contribution is -2.56. The average Bonchev–Trinajstić information content (AvgIpc) is 2.42. The Balaban J connectivity index is 1.98. The zero-order valence-electron chi connectivity index (χ0n) is 11.7. The van der Waals surface area contributed by atoms with Gasteiger partial charge in [0.25, 0.3) is 0 Å². The van der Waals surface area contributed by atoms with E-state index in [-0.39, 0.29) is 12.5 Å². The van der Waals surface area contributed by atoms with E-state index in [1.54, 1.807) is 4.90 Å². The van der Waals surface area contributed by atoms with Crippen LogP contribution in [0, 0.1) is 10.5 Å². The fourth-order valence-electron chi connectivity index (χ4n) is 2.32. The van der Waals surface area contributed by atoms with E-state index in [1.165, 1.54) is 0 Å². The van der Waals surface area contributed by atoms with Crippen LogP contribution in [0.1, 0.15) is 5.56 Å². The van der Waals surface area contributed by atoms with Crippen LogP contribution in [0.3, 0.4) is 0 Å². The molecule has 21 heavy (non-hydrogen) atoms. The zero-order chi connectivity index (χ0) is 15.4. The predicted octanol–water partition coefficient (Wildman–Crippen LogP) is 0.897. The molecule has 1 aromatic carbocycles. The minimum atomic E-state index is -0.902. The molecular weight excluding hydrogens is 385 g/mol. The molecule has 1 unspecified atom stereocenters. The van der Waals surface area contributed by atoms with E-state index in [9.17, 15) is 14.7 Å². The monoisotopic (exact) mass is 403 g/mol. The van der Waals surface area contributed by atoms with Crippen LogP contribution in [0.4, 0.5) is 5.69 Å². The van der Waals surface area contributed by atoms with Gasteiger partial charge in [-0.1, -0.05) is 0 Å². The van der Waals surface area contributed by atoms with Gasteiger partial charge in [-0.3, -0.25) is 14.5 Å². The van der Waals surface area contributed by atoms with Crippen molar-refractivity contribution in [2.75, 3.05) is 31.5 Å². The van der Waals surface area contributed by atoms with E-state index in [4.69, 9.17) is 0 Å². The summed E-state index contributed by atoms with van der Waals surface area (Å²) < 4.78 is 1.11. The van der Waals surface area contributed by atoms with Gasteiger partial charge in [0.2, 0.25) is 5.91 Å². The van der Waals surface area contributed by atoms with Gasteiger partial charge in [-0.15, -0.1) is 0 Å². The van der Waals surface area contributed by atoms with Crippen molar-refractivity contribution in [1.82, 2.24) is 10.2 Å². The number of aliphatic carboxylic acids is 1. The topological polar surface area (TPSA) is 81.7 Å². The molecular formula is C14H18IN3O3. The van der Waals surface area contributed by atoms with Crippen LogP contribution >= 0.6 is 22.6 Å². The Morgan fingerprint density at radius 2 is 2.29 bits per heavy atom. The van der Waals surface area contributed by atoms with Crippen molar-refractivity contribution in [2.45, 2.75) is 13.0 Å². The summed E-state index contributed by atoms with van der Waals surface area (Å²) in [6.45, 7) is 3.63. The number of benzene rings is 1. The minimum absolute atomic E-state index is 0.0874. The molecule has 1 aliphatic rings. The van der Waals surface area contributed by atoms with Crippen molar-refractivity contribution in [3.8, 4) is 0 Å². The first-order valence-corrected chi connectivity index (χ1v) is 7.79. The van der Waals surface area contributed by atoms with Gasteiger partial charge in [0.15, 0.2) is 0 Å². The van der Waals surface area contributed by atoms with Crippen LogP contribution in [0.15, 0.2) is 18.2 Å². The van der Waals surface area contributed by atoms with Crippen LogP contribution in [-0.4, -0.2) is 54.1 Å². The Bertz CT molecular complexity index is 550. The van der Waals surface area contributed by atoms with E-state index in [0.717, 1.165) is 14.8 Å². The molecule has 0 saturated carbocycles. The lowest BCUT2D eigenvalue weighted by molar-refractivity contribution is -0.144. The van der Waals surface area contributed by atoms with Gasteiger partial charge in [-0.25, -0.2) is 0 Å². The standard InChI is InChI=1S/C14H18IN3O3/c1-9-6-10(15)2-3-11(9)17-13(19)8-18-5-4-16-7-12(18)14(20)21/h2-3,6,12,16H,4-5,7-8H2,1H3,(H,17,19)(H,20,21). The van der Waals surface area contributed by atoms with E-state index in [0.29, 0.717) is 19.6 Å². The van der Waals surface area contributed by atoms with Gasteiger partial charge in [-0.05, 0) is 53.3 Å². The summed E-state index contributed by atoms with van der Waals surface area (Å²) in [7, 11) is 0. The molecule has 1 aliphatic heterocycles. The van der Waals surface area contributed by atoms with Gasteiger partial charge in [0.05, 0.1) is 6.54 Å². The number of rotatable bonds is 4. The first-order valence-electron chi connectivity index (χ1n) is 6.71. The number of piperazine rings is 1. The average molecular weight is 403 g/mol. The SMILES string of the molecule is Cc1cc(I)ccc1NC(=O)CN1CCNCC1C(=O)O. The van der Waals surface area contributed by atoms with Gasteiger partial charge in [0.1, 0.15) is 6.04 Å². The Labute approximate surface area is 137 Å². The van der Waals surface area contributed by atoms with Crippen LogP contribution < -0.4 is 10.6 Å². The number of carbonyl (C=O) groups is 2. The second kappa shape index (κ2) is 7.19. The van der Waals surface area contributed by atoms with Crippen molar-refractivity contribution >= 4 is 40.2 Å². The Morgan fingerprint density at radius 1 is 1.52 bits per heavy atom. The molecule has 1 heterocycles. The smallest absolute Gasteiger partial charge is 0.322 e. The van der Waals surface area contributed by atoms with Crippen molar-refractivity contribution in [3.63, 3.8) is 0 Å². The highest BCUT2D eigenvalue weighted by molar-refractivity contribution is 14.1. The van der Waals surface area contributed by atoms with Crippen molar-refractivity contribution in [1.29, 1.82) is 0 Å². The highest BCUT2D eigenvalue weighted by atomic mass is 127. The predicted molar refractivity (Wildman–Crippen MR) is 88.4 cm³/mol. The Kier molecular flexibility index (Phi) is 5.54. The minimum Gasteiger partial charge on any atom is -0.480 e. The lowest BCUT2D eigenvalue weighted by Gasteiger charge is -2.32. The van der Waals surface area contributed by atoms with E-state index < -0.39 is 12.0 Å². The second-order valence-electron chi connectivity index (χ2n) is 5.04. The summed E-state index contributed by atoms with van der Waals surface area (Å²) >= 11 is 2.22. The lowest BCUT2D eigenvalue weighted by atomic mass is 10.2. The Morgan fingerprint density at radius 3 is 2.95 bits per heavy atom. The molecule has 1 atom stereocenters. The summed E-state index contributed by atoms with van der Waals surface area (Å²) in [4.78, 5) is 25.0. The first kappa shape index (κ1) is 16.2. The molecule has 7 heteroatoms. The van der Waals surface area contributed by atoms with E-state index in [2.05, 4.69) is 33.2 Å². The number of amides is 1. The maximum absolute atomic E-state index is 12.1. The number of carboxylic acids is 1. The fourth-order valence-corrected chi connectivity index (χ4v) is 2.97. The summed E-state index contributed by atoms with van der Waals surface area (Å²) in [6, 6.07) is 5.12. The molecule has 0 aliphatic carbocycles. The molecule has 0 aromatic heterocycles. The first-order chi connectivity index (χ1) is 9.97. The molecule has 0 bridgehead atoms. The molecule has 6 nitrogen and oxygen atoms in total. The van der Waals surface area contributed by atoms with Crippen molar-refractivity contribution in [3.05, 3.63) is 27.3 Å². The van der Waals surface area contributed by atoms with E-state index >= 15 is 0 Å². The summed E-state index contributed by atoms with van der Waals surface area (Å²) in [5, 5.41) is 15.0. The molecule has 0 radical (unpaired) electrons. The quantitative estimate of drug-likeness (QED) is 0.651. The maximum atomic E-state index is 12.1. The number of halogens is 1. The summed E-state index contributed by atoms with van der Waals surface area (Å²) in [6.07, 6.45) is 0. The highest BCUT2D eigenvalue weighted by Crippen LogP contribution is 2.17. The number of nitrogens with one attached hydrogen (secondary N) is 2. The number of anilines is 1. The number of hydrogen-bond donors (Lipinski definition) is 3. The number of aryl methyl sites for hydroxylation is 1. The van der Waals surface area contributed by atoms with E-state index in [1.807, 2.05) is 25.1 Å². The molecule has 2 rings (SSSR count). The second-order valence-corrected chi connectivity index (χ2v) is 6.28. The van der Waals surface area contributed by atoms with Crippen molar-refractivity contribution in [2.24, 2.45) is 0 Å². The third-order valence-electron chi connectivity index (χ3n) is 3.45. The number of hydrogen-bond acceptors (Lipinski definition) is 4. The number of carboxylic acid groups (broad SMARTS) is 1. The van der Waals surface area contributed by atoms with Gasteiger partial charge >= 0.3 is 5.97 Å². The molecule has 1 saturated heterocycles. The Hall–Kier alpha value is -1.19. The molecule has 0 spiro atoms. The van der Waals surface area contributed by atoms with Gasteiger partial charge in [0, 0.05) is 28.9 Å². The summed E-state index contributed by atoms with van der Waals surface area (Å²) in [5.41, 5.74) is 1.76. The normalized spacial score (nSPS) is 19.2. The highest BCUT2D eigenvalue weighted by Gasteiger charge is 2.29. The number of nitrogens with zero attached hydrogens (tertiary/aromatic N) is 1. The van der Waals surface area contributed by atoms with Crippen LogP contribution in [0.25, 0.3) is 0 Å². The molecule has 1 amide bonds.